The number of nitrogens with zero attached hydrogens (tertiary/aromatic N) is 1. The lowest BCUT2D eigenvalue weighted by molar-refractivity contribution is 0.364. The summed E-state index contributed by atoms with van der Waals surface area (Å²) in [7, 11) is 0. The molecule has 0 aliphatic rings. The first-order valence-electron chi connectivity index (χ1n) is 2.74. The van der Waals surface area contributed by atoms with Crippen LogP contribution in [0.25, 0.3) is 0 Å². The average molecular weight is 194 g/mol. The Balaban J connectivity index is 2.73. The van der Waals surface area contributed by atoms with Crippen LogP contribution in [0.5, 0.6) is 5.88 Å². The van der Waals surface area contributed by atoms with Gasteiger partial charge in [0.2, 0.25) is 5.88 Å². The van der Waals surface area contributed by atoms with Gasteiger partial charge in [-0.05, 0) is 6.92 Å². The summed E-state index contributed by atoms with van der Waals surface area (Å²) in [6.45, 7) is -1.86. The topological polar surface area (TPSA) is 78.4 Å². The lowest BCUT2D eigenvalue weighted by Crippen LogP contribution is -1.89. The Morgan fingerprint density at radius 2 is 2.36 bits per heavy atom. The highest BCUT2D eigenvalue weighted by molar-refractivity contribution is 8.06. The normalized spacial score (nSPS) is 11.5. The molecule has 0 amide bonds. The van der Waals surface area contributed by atoms with Crippen molar-refractivity contribution in [3.05, 3.63) is 11.8 Å². The lowest BCUT2D eigenvalue weighted by atomic mass is 10.5. The largest absolute Gasteiger partial charge is 0.404 e. The molecule has 1 aromatic rings. The Bertz CT molecular complexity index is 293. The van der Waals surface area contributed by atoms with Gasteiger partial charge in [0.05, 0.1) is 0 Å². The smallest absolute Gasteiger partial charge is 0.376 e. The molecular weight excluding hydrogens is 187 g/mol. The molecule has 0 aliphatic heterocycles. The summed E-state index contributed by atoms with van der Waals surface area (Å²) < 4.78 is 4.52. The molecule has 0 saturated carbocycles. The van der Waals surface area contributed by atoms with Crippen LogP contribution in [-0.2, 0) is 11.8 Å². The van der Waals surface area contributed by atoms with Crippen LogP contribution in [0.15, 0.2) is 6.07 Å². The van der Waals surface area contributed by atoms with Crippen molar-refractivity contribution in [2.24, 2.45) is 0 Å². The van der Waals surface area contributed by atoms with Crippen molar-refractivity contribution < 1.29 is 14.3 Å². The number of hydrogen-bond donors (Lipinski definition) is 3. The van der Waals surface area contributed by atoms with E-state index in [4.69, 9.17) is 9.79 Å². The van der Waals surface area contributed by atoms with Crippen LogP contribution in [0.2, 0.25) is 0 Å². The van der Waals surface area contributed by atoms with Crippen LogP contribution in [0.4, 0.5) is 0 Å². The third kappa shape index (κ3) is 2.98. The highest BCUT2D eigenvalue weighted by Crippen LogP contribution is 2.36. The molecule has 0 atom stereocenters. The maximum absolute atomic E-state index is 8.69. The molecule has 5 nitrogen and oxygen atoms in total. The van der Waals surface area contributed by atoms with E-state index >= 15 is 0 Å². The van der Waals surface area contributed by atoms with Gasteiger partial charge >= 0.3 is 6.72 Å². The maximum Gasteiger partial charge on any atom is 0.376 e. The van der Waals surface area contributed by atoms with Crippen molar-refractivity contribution in [2.45, 2.75) is 6.92 Å². The Kier molecular flexibility index (Phi) is 2.29. The molecule has 1 rings (SSSR count). The Morgan fingerprint density at radius 1 is 1.73 bits per heavy atom. The van der Waals surface area contributed by atoms with Gasteiger partial charge in [-0.1, -0.05) is 0 Å². The van der Waals surface area contributed by atoms with Crippen molar-refractivity contribution >= 4 is 18.5 Å². The molecule has 0 bridgehead atoms. The quantitative estimate of drug-likeness (QED) is 0.590. The zero-order valence-corrected chi connectivity index (χ0v) is 7.39. The summed E-state index contributed by atoms with van der Waals surface area (Å²) in [6, 6.07) is 1.52. The second-order valence-corrected chi connectivity index (χ2v) is 4.56. The lowest BCUT2D eigenvalue weighted by Gasteiger charge is -2.04. The number of aromatic nitrogens is 2. The van der Waals surface area contributed by atoms with E-state index in [-0.39, 0.29) is 5.88 Å². The molecule has 0 unspecified atom stereocenters. The van der Waals surface area contributed by atoms with Gasteiger partial charge in [-0.15, -0.1) is 5.10 Å². The first-order valence-corrected chi connectivity index (χ1v) is 5.37. The fraction of sp³-hybridized carbons (Fsp3) is 0.250. The molecule has 1 heterocycles. The molecule has 0 aromatic carbocycles. The van der Waals surface area contributed by atoms with E-state index < -0.39 is 6.72 Å². The van der Waals surface area contributed by atoms with Crippen molar-refractivity contribution in [2.75, 3.05) is 0 Å². The Morgan fingerprint density at radius 3 is 2.73 bits per heavy atom. The van der Waals surface area contributed by atoms with Gasteiger partial charge in [-0.2, -0.15) is 0 Å². The third-order valence-corrected chi connectivity index (χ3v) is 1.54. The summed E-state index contributed by atoms with van der Waals surface area (Å²) in [6.07, 6.45) is 0. The van der Waals surface area contributed by atoms with Crippen LogP contribution in [-0.4, -0.2) is 20.0 Å². The summed E-state index contributed by atoms with van der Waals surface area (Å²) in [4.78, 5) is 17.4. The minimum atomic E-state index is -3.62. The molecule has 3 N–H and O–H groups in total. The molecule has 0 radical (unpaired) electrons. The van der Waals surface area contributed by atoms with Gasteiger partial charge in [-0.25, -0.2) is 0 Å². The number of aryl methyl sites for hydroxylation is 1. The number of hydrogen-bond acceptors (Lipinski definition) is 3. The van der Waals surface area contributed by atoms with Gasteiger partial charge in [-0.3, -0.25) is 5.10 Å². The van der Waals surface area contributed by atoms with E-state index in [2.05, 4.69) is 26.5 Å². The molecule has 0 saturated heterocycles. The van der Waals surface area contributed by atoms with Gasteiger partial charge in [0.15, 0.2) is 0 Å². The molecule has 0 fully saturated rings. The van der Waals surface area contributed by atoms with E-state index in [0.717, 1.165) is 5.69 Å². The first kappa shape index (κ1) is 8.67. The van der Waals surface area contributed by atoms with E-state index in [9.17, 15) is 0 Å². The van der Waals surface area contributed by atoms with Crippen molar-refractivity contribution in [1.29, 1.82) is 0 Å². The second kappa shape index (κ2) is 2.91. The Labute approximate surface area is 68.3 Å². The van der Waals surface area contributed by atoms with Crippen molar-refractivity contribution in [3.8, 4) is 5.88 Å². The molecule has 62 valence electrons. The van der Waals surface area contributed by atoms with E-state index in [0.29, 0.717) is 0 Å². The van der Waals surface area contributed by atoms with Crippen LogP contribution < -0.4 is 4.52 Å². The fourth-order valence-corrected chi connectivity index (χ4v) is 1.13. The number of aromatic amines is 1. The zero-order valence-electron chi connectivity index (χ0n) is 5.68. The maximum atomic E-state index is 8.69. The summed E-state index contributed by atoms with van der Waals surface area (Å²) in [5, 5.41) is 6.16. The molecule has 1 aromatic heterocycles. The minimum absolute atomic E-state index is 0.107. The SMILES string of the molecule is Cc1cc(OP(O)(O)=S)n[nH]1. The van der Waals surface area contributed by atoms with Crippen LogP contribution in [0, 0.1) is 6.92 Å². The van der Waals surface area contributed by atoms with Crippen LogP contribution in [0.1, 0.15) is 5.69 Å². The summed E-state index contributed by atoms with van der Waals surface area (Å²) >= 11 is 4.22. The van der Waals surface area contributed by atoms with Gasteiger partial charge in [0, 0.05) is 23.6 Å². The predicted octanol–water partition coefficient (Wildman–Crippen LogP) is 0.306. The van der Waals surface area contributed by atoms with Gasteiger partial charge in [0.25, 0.3) is 0 Å². The predicted molar refractivity (Wildman–Crippen MR) is 42.7 cm³/mol. The van der Waals surface area contributed by atoms with Gasteiger partial charge in [0.1, 0.15) is 0 Å². The Hall–Kier alpha value is -0.420. The monoisotopic (exact) mass is 194 g/mol. The number of nitrogens with one attached hydrogen (secondary N) is 1. The fourth-order valence-electron chi connectivity index (χ4n) is 0.562. The van der Waals surface area contributed by atoms with Crippen LogP contribution in [0.3, 0.4) is 0 Å². The van der Waals surface area contributed by atoms with Crippen molar-refractivity contribution in [3.63, 3.8) is 0 Å². The second-order valence-electron chi connectivity index (χ2n) is 1.97. The standard InChI is InChI=1S/C4H7N2O3PS/c1-3-2-4(6-5-3)9-10(7,8)11/h2H,1H3,(H,5,6)(H2,7,8,11). The van der Waals surface area contributed by atoms with E-state index in [1.807, 2.05) is 0 Å². The molecule has 11 heavy (non-hydrogen) atoms. The number of H-pyrrole nitrogens is 1. The average Bonchev–Trinajstić information content (AvgIpc) is 2.10. The first-order chi connectivity index (χ1) is 4.97. The molecular formula is C4H7N2O3PS. The molecule has 7 heteroatoms. The molecule has 0 aliphatic carbocycles. The summed E-state index contributed by atoms with van der Waals surface area (Å²) in [5.41, 5.74) is 0.767. The highest BCUT2D eigenvalue weighted by atomic mass is 32.5. The highest BCUT2D eigenvalue weighted by Gasteiger charge is 2.11. The molecule has 0 spiro atoms. The number of rotatable bonds is 2. The van der Waals surface area contributed by atoms with Crippen LogP contribution >= 0.6 is 6.72 Å². The minimum Gasteiger partial charge on any atom is -0.404 e. The van der Waals surface area contributed by atoms with Gasteiger partial charge < -0.3 is 14.3 Å². The van der Waals surface area contributed by atoms with Crippen molar-refractivity contribution in [1.82, 2.24) is 10.2 Å². The summed E-state index contributed by atoms with van der Waals surface area (Å²) in [5.74, 6) is 0.107. The van der Waals surface area contributed by atoms with E-state index in [1.54, 1.807) is 6.92 Å². The van der Waals surface area contributed by atoms with E-state index in [1.165, 1.54) is 6.07 Å². The third-order valence-electron chi connectivity index (χ3n) is 0.895. The zero-order chi connectivity index (χ0) is 8.48.